The molecule has 0 bridgehead atoms. The summed E-state index contributed by atoms with van der Waals surface area (Å²) >= 11 is 0. The van der Waals surface area contributed by atoms with Crippen molar-refractivity contribution < 1.29 is 0 Å². The normalized spacial score (nSPS) is 10.4. The lowest BCUT2D eigenvalue weighted by Gasteiger charge is -2.24. The molecule has 0 atom stereocenters. The summed E-state index contributed by atoms with van der Waals surface area (Å²) in [6.45, 7) is 8.99. The first-order valence-corrected chi connectivity index (χ1v) is 9.66. The molecule has 0 fully saturated rings. The minimum Gasteiger partial charge on any atom is -0.372 e. The molecule has 0 amide bonds. The number of hydrogen-bond acceptors (Lipinski definition) is 1. The minimum absolute atomic E-state index is 0. The molecule has 0 saturated heterocycles. The van der Waals surface area contributed by atoms with Crippen LogP contribution in [-0.2, 0) is 6.42 Å². The Labute approximate surface area is 155 Å². The number of nitrogens with zero attached hydrogens (tertiary/aromatic N) is 1. The molecule has 0 unspecified atom stereocenters. The number of benzene rings is 1. The molecule has 0 aliphatic heterocycles. The van der Waals surface area contributed by atoms with Crippen molar-refractivity contribution in [3.63, 3.8) is 0 Å². The zero-order chi connectivity index (χ0) is 16.0. The fourth-order valence-corrected chi connectivity index (χ4v) is 3.22. The topological polar surface area (TPSA) is 3.24 Å². The van der Waals surface area contributed by atoms with Gasteiger partial charge in [-0.1, -0.05) is 76.5 Å². The van der Waals surface area contributed by atoms with Gasteiger partial charge >= 0.3 is 0 Å². The van der Waals surface area contributed by atoms with E-state index in [2.05, 4.69) is 49.9 Å². The van der Waals surface area contributed by atoms with Gasteiger partial charge in [0.15, 0.2) is 0 Å². The van der Waals surface area contributed by atoms with Crippen molar-refractivity contribution in [1.29, 1.82) is 0 Å². The van der Waals surface area contributed by atoms with Crippen LogP contribution in [0.5, 0.6) is 0 Å². The van der Waals surface area contributed by atoms with Crippen molar-refractivity contribution in [2.45, 2.75) is 85.0 Å². The van der Waals surface area contributed by atoms with Crippen molar-refractivity contribution in [2.24, 2.45) is 0 Å². The van der Waals surface area contributed by atoms with Crippen LogP contribution in [0.25, 0.3) is 0 Å². The maximum atomic E-state index is 2.48. The minimum atomic E-state index is 0. The number of aryl methyl sites for hydroxylation is 1. The largest absolute Gasteiger partial charge is 0.372 e. The molecule has 0 aliphatic rings. The summed E-state index contributed by atoms with van der Waals surface area (Å²) in [5.41, 5.74) is 2.99. The summed E-state index contributed by atoms with van der Waals surface area (Å²) in [5.74, 6) is 0. The van der Waals surface area contributed by atoms with Gasteiger partial charge in [0, 0.05) is 18.8 Å². The van der Waals surface area contributed by atoms with Crippen LogP contribution < -0.4 is 4.90 Å². The third-order valence-corrected chi connectivity index (χ3v) is 4.65. The predicted molar refractivity (Wildman–Crippen MR) is 111 cm³/mol. The maximum Gasteiger partial charge on any atom is 0.0398 e. The van der Waals surface area contributed by atoms with E-state index in [1.165, 1.54) is 75.5 Å². The van der Waals surface area contributed by atoms with Gasteiger partial charge < -0.3 is 4.90 Å². The van der Waals surface area contributed by atoms with Crippen molar-refractivity contribution >= 4 is 22.7 Å². The SMILES string of the molecule is Br.CCCCCCCCCCCc1ccccc1N(CC)CC. The van der Waals surface area contributed by atoms with Crippen molar-refractivity contribution in [3.8, 4) is 0 Å². The third-order valence-electron chi connectivity index (χ3n) is 4.65. The molecule has 0 spiro atoms. The van der Waals surface area contributed by atoms with Gasteiger partial charge in [0.2, 0.25) is 0 Å². The molecule has 134 valence electrons. The number of rotatable bonds is 13. The second-order valence-corrected chi connectivity index (χ2v) is 6.38. The summed E-state index contributed by atoms with van der Waals surface area (Å²) in [6.07, 6.45) is 13.9. The van der Waals surface area contributed by atoms with Crippen LogP contribution in [0.4, 0.5) is 5.69 Å². The first-order valence-electron chi connectivity index (χ1n) is 9.66. The quantitative estimate of drug-likeness (QED) is 0.326. The van der Waals surface area contributed by atoms with Gasteiger partial charge in [-0.15, -0.1) is 17.0 Å². The molecular weight excluding hydrogens is 346 g/mol. The van der Waals surface area contributed by atoms with Gasteiger partial charge in [-0.25, -0.2) is 0 Å². The monoisotopic (exact) mass is 383 g/mol. The lowest BCUT2D eigenvalue weighted by Crippen LogP contribution is -2.23. The standard InChI is InChI=1S/C21H37N.BrH/c1-4-7-8-9-10-11-12-13-14-17-20-18-15-16-19-21(20)22(5-2)6-3;/h15-16,18-19H,4-14,17H2,1-3H3;1H. The van der Waals surface area contributed by atoms with Crippen LogP contribution in [0, 0.1) is 0 Å². The Balaban J connectivity index is 0.00000484. The second-order valence-electron chi connectivity index (χ2n) is 6.38. The molecule has 0 aromatic heterocycles. The van der Waals surface area contributed by atoms with E-state index in [9.17, 15) is 0 Å². The number of hydrogen-bond donors (Lipinski definition) is 0. The maximum absolute atomic E-state index is 2.48. The van der Waals surface area contributed by atoms with Crippen LogP contribution in [-0.4, -0.2) is 13.1 Å². The van der Waals surface area contributed by atoms with E-state index in [0.717, 1.165) is 13.1 Å². The molecule has 0 N–H and O–H groups in total. The molecule has 23 heavy (non-hydrogen) atoms. The molecule has 0 aliphatic carbocycles. The van der Waals surface area contributed by atoms with Crippen LogP contribution in [0.3, 0.4) is 0 Å². The number of unbranched alkanes of at least 4 members (excludes halogenated alkanes) is 8. The molecular formula is C21H38BrN. The van der Waals surface area contributed by atoms with E-state index in [1.807, 2.05) is 0 Å². The Morgan fingerprint density at radius 1 is 0.696 bits per heavy atom. The summed E-state index contributed by atoms with van der Waals surface area (Å²) in [7, 11) is 0. The van der Waals surface area contributed by atoms with Crippen LogP contribution in [0.2, 0.25) is 0 Å². The van der Waals surface area contributed by atoms with E-state index in [4.69, 9.17) is 0 Å². The summed E-state index contributed by atoms with van der Waals surface area (Å²) < 4.78 is 0. The molecule has 0 saturated carbocycles. The van der Waals surface area contributed by atoms with E-state index in [1.54, 1.807) is 0 Å². The van der Waals surface area contributed by atoms with Crippen molar-refractivity contribution in [3.05, 3.63) is 29.8 Å². The fraction of sp³-hybridized carbons (Fsp3) is 0.714. The van der Waals surface area contributed by atoms with Gasteiger partial charge in [-0.2, -0.15) is 0 Å². The first kappa shape index (κ1) is 22.5. The summed E-state index contributed by atoms with van der Waals surface area (Å²) in [4.78, 5) is 2.48. The highest BCUT2D eigenvalue weighted by Gasteiger charge is 2.07. The average Bonchev–Trinajstić information content (AvgIpc) is 2.55. The molecule has 1 aromatic carbocycles. The summed E-state index contributed by atoms with van der Waals surface area (Å²) in [6, 6.07) is 8.97. The highest BCUT2D eigenvalue weighted by atomic mass is 79.9. The van der Waals surface area contributed by atoms with Gasteiger partial charge in [0.1, 0.15) is 0 Å². The van der Waals surface area contributed by atoms with Crippen LogP contribution in [0.1, 0.15) is 84.1 Å². The van der Waals surface area contributed by atoms with E-state index in [-0.39, 0.29) is 17.0 Å². The summed E-state index contributed by atoms with van der Waals surface area (Å²) in [5, 5.41) is 0. The highest BCUT2D eigenvalue weighted by molar-refractivity contribution is 8.93. The Bertz CT molecular complexity index is 374. The Hall–Kier alpha value is -0.500. The van der Waals surface area contributed by atoms with Crippen LogP contribution >= 0.6 is 17.0 Å². The predicted octanol–water partition coefficient (Wildman–Crippen LogP) is 7.18. The van der Waals surface area contributed by atoms with Gasteiger partial charge in [-0.05, 0) is 38.3 Å². The smallest absolute Gasteiger partial charge is 0.0398 e. The zero-order valence-electron chi connectivity index (χ0n) is 15.7. The number of halogens is 1. The average molecular weight is 384 g/mol. The number of anilines is 1. The molecule has 1 rings (SSSR count). The Morgan fingerprint density at radius 3 is 1.78 bits per heavy atom. The van der Waals surface area contributed by atoms with E-state index >= 15 is 0 Å². The van der Waals surface area contributed by atoms with E-state index < -0.39 is 0 Å². The Kier molecular flexibility index (Phi) is 14.7. The first-order chi connectivity index (χ1) is 10.8. The van der Waals surface area contributed by atoms with Crippen molar-refractivity contribution in [2.75, 3.05) is 18.0 Å². The zero-order valence-corrected chi connectivity index (χ0v) is 17.4. The van der Waals surface area contributed by atoms with Gasteiger partial charge in [-0.3, -0.25) is 0 Å². The fourth-order valence-electron chi connectivity index (χ4n) is 3.22. The number of para-hydroxylation sites is 1. The van der Waals surface area contributed by atoms with Gasteiger partial charge in [0.25, 0.3) is 0 Å². The van der Waals surface area contributed by atoms with Gasteiger partial charge in [0.05, 0.1) is 0 Å². The molecule has 0 radical (unpaired) electrons. The highest BCUT2D eigenvalue weighted by Crippen LogP contribution is 2.22. The molecule has 0 heterocycles. The Morgan fingerprint density at radius 2 is 1.22 bits per heavy atom. The molecule has 1 nitrogen and oxygen atoms in total. The lowest BCUT2D eigenvalue weighted by molar-refractivity contribution is 0.565. The molecule has 1 aromatic rings. The van der Waals surface area contributed by atoms with Crippen molar-refractivity contribution in [1.82, 2.24) is 0 Å². The van der Waals surface area contributed by atoms with Crippen LogP contribution in [0.15, 0.2) is 24.3 Å². The van der Waals surface area contributed by atoms with E-state index in [0.29, 0.717) is 0 Å². The molecule has 2 heteroatoms. The third kappa shape index (κ3) is 9.39. The lowest BCUT2D eigenvalue weighted by atomic mass is 10.0. The second kappa shape index (κ2) is 15.1.